The molecule has 4 N–H and O–H groups in total. The van der Waals surface area contributed by atoms with Gasteiger partial charge in [-0.05, 0) is 32.1 Å². The molecule has 0 aromatic heterocycles. The molecule has 2 saturated carbocycles. The molecule has 1 atom stereocenters. The smallest absolute Gasteiger partial charge is 0.0519 e. The summed E-state index contributed by atoms with van der Waals surface area (Å²) in [4.78, 5) is 0. The number of hydrazine groups is 2. The zero-order valence-corrected chi connectivity index (χ0v) is 23.0. The fraction of sp³-hybridized carbons (Fsp3) is 1.00. The Labute approximate surface area is 213 Å². The normalized spacial score (nSPS) is 23.4. The molecule has 0 aliphatic heterocycles. The van der Waals surface area contributed by atoms with Crippen LogP contribution < -0.4 is 16.6 Å². The molecule has 0 saturated heterocycles. The van der Waals surface area contributed by atoms with Crippen molar-refractivity contribution in [3.8, 4) is 0 Å². The molecule has 2 aliphatic rings. The van der Waals surface area contributed by atoms with E-state index in [1.54, 1.807) is 0 Å². The van der Waals surface area contributed by atoms with Crippen molar-refractivity contribution >= 4 is 12.4 Å². The van der Waals surface area contributed by atoms with Crippen LogP contribution in [0.15, 0.2) is 0 Å². The highest BCUT2D eigenvalue weighted by Gasteiger charge is 2.22. The number of nitrogens with two attached hydrogens (primary N) is 1. The van der Waals surface area contributed by atoms with Crippen molar-refractivity contribution < 1.29 is 0 Å². The first kappa shape index (κ1) is 31.2. The zero-order valence-electron chi connectivity index (χ0n) is 22.1. The van der Waals surface area contributed by atoms with Gasteiger partial charge in [0.05, 0.1) is 6.04 Å². The summed E-state index contributed by atoms with van der Waals surface area (Å²) in [5.41, 5.74) is 14.2. The minimum absolute atomic E-state index is 0. The van der Waals surface area contributed by atoms with Crippen LogP contribution in [0.1, 0.15) is 155 Å². The molecule has 4 nitrogen and oxygen atoms in total. The topological polar surface area (TPSA) is 53.3 Å². The maximum absolute atomic E-state index is 6.25. The SMILES string of the molecule is CCC(CN)N(NC1CCCCCCCCCCC1)NC1CCCCCCCCCCC1.Cl. The molecular weight excluding hydrogens is 428 g/mol. The van der Waals surface area contributed by atoms with E-state index in [0.717, 1.165) is 13.0 Å². The third kappa shape index (κ3) is 15.0. The molecule has 2 aliphatic carbocycles. The van der Waals surface area contributed by atoms with Crippen LogP contribution in [0, 0.1) is 0 Å². The Morgan fingerprint density at radius 3 is 1.09 bits per heavy atom. The Kier molecular flexibility index (Phi) is 20.2. The molecule has 5 heteroatoms. The predicted octanol–water partition coefficient (Wildman–Crippen LogP) is 7.80. The van der Waals surface area contributed by atoms with Crippen molar-refractivity contribution in [2.24, 2.45) is 5.73 Å². The number of hydrogen-bond donors (Lipinski definition) is 3. The Hall–Kier alpha value is 0.130. The second kappa shape index (κ2) is 21.4. The van der Waals surface area contributed by atoms with E-state index in [0.29, 0.717) is 18.1 Å². The highest BCUT2D eigenvalue weighted by atomic mass is 35.5. The second-order valence-corrected chi connectivity index (χ2v) is 10.8. The summed E-state index contributed by atoms with van der Waals surface area (Å²) in [6.45, 7) is 3.01. The number of nitrogens with zero attached hydrogens (tertiary/aromatic N) is 1. The van der Waals surface area contributed by atoms with Gasteiger partial charge in [-0.25, -0.2) is 10.9 Å². The molecule has 1 unspecified atom stereocenters. The van der Waals surface area contributed by atoms with E-state index in [2.05, 4.69) is 22.9 Å². The standard InChI is InChI=1S/C28H58N4.ClH/c1-2-28(25-29)32(30-26-21-17-13-9-5-3-6-10-14-18-22-26)31-27-23-19-15-11-7-4-8-12-16-20-24-27;/h26-28,30-31H,2-25,29H2,1H3;1H. The van der Waals surface area contributed by atoms with Crippen LogP contribution in [0.2, 0.25) is 0 Å². The second-order valence-electron chi connectivity index (χ2n) is 10.8. The zero-order chi connectivity index (χ0) is 22.7. The largest absolute Gasteiger partial charge is 0.329 e. The first-order valence-electron chi connectivity index (χ1n) is 14.8. The molecule has 0 amide bonds. The molecule has 33 heavy (non-hydrogen) atoms. The van der Waals surface area contributed by atoms with Crippen molar-refractivity contribution in [2.45, 2.75) is 173 Å². The van der Waals surface area contributed by atoms with Gasteiger partial charge in [0.2, 0.25) is 0 Å². The maximum atomic E-state index is 6.25. The molecule has 2 rings (SSSR count). The van der Waals surface area contributed by atoms with Gasteiger partial charge in [0.1, 0.15) is 0 Å². The minimum atomic E-state index is 0. The van der Waals surface area contributed by atoms with Gasteiger partial charge in [0.15, 0.2) is 0 Å². The van der Waals surface area contributed by atoms with E-state index < -0.39 is 0 Å². The first-order chi connectivity index (χ1) is 15.8. The van der Waals surface area contributed by atoms with Gasteiger partial charge in [-0.3, -0.25) is 0 Å². The fourth-order valence-electron chi connectivity index (χ4n) is 5.68. The van der Waals surface area contributed by atoms with E-state index >= 15 is 0 Å². The summed E-state index contributed by atoms with van der Waals surface area (Å²) >= 11 is 0. The minimum Gasteiger partial charge on any atom is -0.329 e. The Morgan fingerprint density at radius 1 is 0.576 bits per heavy atom. The summed E-state index contributed by atoms with van der Waals surface area (Å²) in [6, 6.07) is 1.56. The van der Waals surface area contributed by atoms with E-state index in [4.69, 9.17) is 5.73 Å². The Bertz CT molecular complexity index is 363. The number of rotatable bonds is 7. The fourth-order valence-corrected chi connectivity index (χ4v) is 5.68. The molecule has 198 valence electrons. The number of halogens is 1. The highest BCUT2D eigenvalue weighted by Crippen LogP contribution is 2.20. The van der Waals surface area contributed by atoms with Crippen LogP contribution in [0.3, 0.4) is 0 Å². The summed E-state index contributed by atoms with van der Waals surface area (Å²) in [5, 5.41) is 2.40. The lowest BCUT2D eigenvalue weighted by Crippen LogP contribution is -2.61. The van der Waals surface area contributed by atoms with Crippen LogP contribution in [0.25, 0.3) is 0 Å². The van der Waals surface area contributed by atoms with Gasteiger partial charge in [-0.2, -0.15) is 5.12 Å². The average Bonchev–Trinajstić information content (AvgIpc) is 2.78. The van der Waals surface area contributed by atoms with Crippen LogP contribution in [-0.2, 0) is 0 Å². The molecule has 0 bridgehead atoms. The third-order valence-corrected chi connectivity index (χ3v) is 7.96. The number of hydrogen-bond acceptors (Lipinski definition) is 4. The lowest BCUT2D eigenvalue weighted by atomic mass is 9.98. The predicted molar refractivity (Wildman–Crippen MR) is 148 cm³/mol. The molecule has 2 fully saturated rings. The van der Waals surface area contributed by atoms with Crippen molar-refractivity contribution in [1.29, 1.82) is 0 Å². The van der Waals surface area contributed by atoms with Gasteiger partial charge in [0, 0.05) is 18.6 Å². The first-order valence-corrected chi connectivity index (χ1v) is 14.8. The van der Waals surface area contributed by atoms with E-state index in [1.165, 1.54) is 141 Å². The van der Waals surface area contributed by atoms with E-state index in [1.807, 2.05) is 0 Å². The third-order valence-electron chi connectivity index (χ3n) is 7.96. The van der Waals surface area contributed by atoms with E-state index in [-0.39, 0.29) is 12.4 Å². The van der Waals surface area contributed by atoms with Crippen molar-refractivity contribution in [3.63, 3.8) is 0 Å². The highest BCUT2D eigenvalue weighted by molar-refractivity contribution is 5.85. The quantitative estimate of drug-likeness (QED) is 0.321. The summed E-state index contributed by atoms with van der Waals surface area (Å²) in [6.07, 6.45) is 31.8. The van der Waals surface area contributed by atoms with Crippen LogP contribution in [0.5, 0.6) is 0 Å². The van der Waals surface area contributed by atoms with Crippen LogP contribution >= 0.6 is 12.4 Å². The van der Waals surface area contributed by atoms with Gasteiger partial charge in [-0.1, -0.05) is 122 Å². The molecular formula is C28H59ClN4. The molecule has 0 spiro atoms. The summed E-state index contributed by atoms with van der Waals surface area (Å²) in [7, 11) is 0. The molecule has 0 aromatic carbocycles. The van der Waals surface area contributed by atoms with E-state index in [9.17, 15) is 0 Å². The summed E-state index contributed by atoms with van der Waals surface area (Å²) in [5.74, 6) is 0. The van der Waals surface area contributed by atoms with Crippen molar-refractivity contribution in [3.05, 3.63) is 0 Å². The van der Waals surface area contributed by atoms with Crippen molar-refractivity contribution in [2.75, 3.05) is 6.54 Å². The summed E-state index contributed by atoms with van der Waals surface area (Å²) < 4.78 is 0. The van der Waals surface area contributed by atoms with Gasteiger partial charge in [-0.15, -0.1) is 12.4 Å². The average molecular weight is 487 g/mol. The van der Waals surface area contributed by atoms with Crippen LogP contribution in [-0.4, -0.2) is 29.8 Å². The lowest BCUT2D eigenvalue weighted by molar-refractivity contribution is 0.0150. The lowest BCUT2D eigenvalue weighted by Gasteiger charge is -2.38. The number of nitrogens with one attached hydrogen (secondary N) is 2. The Balaban J connectivity index is 0.00000544. The Morgan fingerprint density at radius 2 is 0.848 bits per heavy atom. The van der Waals surface area contributed by atoms with Gasteiger partial charge in [0.25, 0.3) is 0 Å². The van der Waals surface area contributed by atoms with Crippen LogP contribution in [0.4, 0.5) is 0 Å². The molecule has 0 heterocycles. The van der Waals surface area contributed by atoms with Gasteiger partial charge >= 0.3 is 0 Å². The van der Waals surface area contributed by atoms with Crippen molar-refractivity contribution in [1.82, 2.24) is 16.0 Å². The van der Waals surface area contributed by atoms with Gasteiger partial charge < -0.3 is 5.73 Å². The monoisotopic (exact) mass is 486 g/mol. The molecule has 0 aromatic rings. The molecule has 0 radical (unpaired) electrons. The maximum Gasteiger partial charge on any atom is 0.0519 e.